The van der Waals surface area contributed by atoms with Gasteiger partial charge in [0.2, 0.25) is 0 Å². The predicted octanol–water partition coefficient (Wildman–Crippen LogP) is 5.66. The fraction of sp³-hybridized carbons (Fsp3) is 0.154. The SMILES string of the molecule is C#CC(CC#Cc1ccccc1)(c1ccc(C)cc1)c1ccc(C)cc1. The minimum Gasteiger partial charge on any atom is -0.119 e. The van der Waals surface area contributed by atoms with Crippen molar-refractivity contribution in [1.29, 1.82) is 0 Å². The first-order chi connectivity index (χ1) is 12.6. The molecule has 0 heteroatoms. The highest BCUT2D eigenvalue weighted by molar-refractivity contribution is 5.50. The lowest BCUT2D eigenvalue weighted by molar-refractivity contribution is 0.692. The summed E-state index contributed by atoms with van der Waals surface area (Å²) in [6, 6.07) is 27.0. The maximum atomic E-state index is 6.11. The molecule has 0 aliphatic rings. The number of terminal acetylenes is 1. The second-order valence-corrected chi connectivity index (χ2v) is 6.63. The van der Waals surface area contributed by atoms with E-state index in [1.54, 1.807) is 0 Å². The van der Waals surface area contributed by atoms with E-state index in [9.17, 15) is 0 Å². The van der Waals surface area contributed by atoms with E-state index >= 15 is 0 Å². The first-order valence-electron chi connectivity index (χ1n) is 8.80. The van der Waals surface area contributed by atoms with E-state index in [0.29, 0.717) is 6.42 Å². The summed E-state index contributed by atoms with van der Waals surface area (Å²) >= 11 is 0. The van der Waals surface area contributed by atoms with Crippen molar-refractivity contribution < 1.29 is 0 Å². The van der Waals surface area contributed by atoms with E-state index in [1.807, 2.05) is 30.3 Å². The third-order valence-corrected chi connectivity index (χ3v) is 4.70. The topological polar surface area (TPSA) is 0 Å². The molecule has 3 aromatic rings. The van der Waals surface area contributed by atoms with Crippen LogP contribution in [0, 0.1) is 38.0 Å². The Bertz CT molecular complexity index is 911. The fourth-order valence-electron chi connectivity index (χ4n) is 3.06. The maximum Gasteiger partial charge on any atom is 0.0918 e. The fourth-order valence-corrected chi connectivity index (χ4v) is 3.06. The third kappa shape index (κ3) is 3.72. The van der Waals surface area contributed by atoms with E-state index in [4.69, 9.17) is 6.42 Å². The van der Waals surface area contributed by atoms with Gasteiger partial charge in [0.25, 0.3) is 0 Å². The van der Waals surface area contributed by atoms with Gasteiger partial charge >= 0.3 is 0 Å². The molecule has 0 radical (unpaired) electrons. The lowest BCUT2D eigenvalue weighted by Gasteiger charge is -2.28. The predicted molar refractivity (Wildman–Crippen MR) is 110 cm³/mol. The maximum absolute atomic E-state index is 6.11. The molecule has 0 N–H and O–H groups in total. The van der Waals surface area contributed by atoms with Crippen molar-refractivity contribution in [3.63, 3.8) is 0 Å². The average molecular weight is 334 g/mol. The van der Waals surface area contributed by atoms with Crippen molar-refractivity contribution >= 4 is 0 Å². The minimum atomic E-state index is -0.552. The van der Waals surface area contributed by atoms with Gasteiger partial charge in [-0.05, 0) is 37.1 Å². The zero-order valence-corrected chi connectivity index (χ0v) is 15.3. The highest BCUT2D eigenvalue weighted by Gasteiger charge is 2.31. The Morgan fingerprint density at radius 3 is 1.69 bits per heavy atom. The van der Waals surface area contributed by atoms with Crippen LogP contribution >= 0.6 is 0 Å². The van der Waals surface area contributed by atoms with Crippen LogP contribution in [0.25, 0.3) is 0 Å². The van der Waals surface area contributed by atoms with Crippen molar-refractivity contribution in [1.82, 2.24) is 0 Å². The summed E-state index contributed by atoms with van der Waals surface area (Å²) in [7, 11) is 0. The van der Waals surface area contributed by atoms with Gasteiger partial charge in [-0.1, -0.05) is 95.6 Å². The number of benzene rings is 3. The number of aryl methyl sites for hydroxylation is 2. The summed E-state index contributed by atoms with van der Waals surface area (Å²) in [6.45, 7) is 4.17. The van der Waals surface area contributed by atoms with Crippen LogP contribution in [0.2, 0.25) is 0 Å². The Kier molecular flexibility index (Phi) is 5.26. The van der Waals surface area contributed by atoms with Crippen LogP contribution in [-0.4, -0.2) is 0 Å². The first-order valence-corrected chi connectivity index (χ1v) is 8.80. The van der Waals surface area contributed by atoms with Crippen LogP contribution in [0.5, 0.6) is 0 Å². The molecule has 0 aromatic heterocycles. The van der Waals surface area contributed by atoms with Crippen LogP contribution in [0.4, 0.5) is 0 Å². The van der Waals surface area contributed by atoms with E-state index in [-0.39, 0.29) is 0 Å². The molecule has 0 atom stereocenters. The highest BCUT2D eigenvalue weighted by atomic mass is 14.3. The van der Waals surface area contributed by atoms with E-state index < -0.39 is 5.41 Å². The van der Waals surface area contributed by atoms with Crippen molar-refractivity contribution in [2.24, 2.45) is 0 Å². The molecule has 0 heterocycles. The van der Waals surface area contributed by atoms with Crippen molar-refractivity contribution in [2.75, 3.05) is 0 Å². The molecule has 0 bridgehead atoms. The van der Waals surface area contributed by atoms with Gasteiger partial charge in [0.15, 0.2) is 0 Å². The Hall–Kier alpha value is -3.22. The number of rotatable bonds is 3. The lowest BCUT2D eigenvalue weighted by Crippen LogP contribution is -2.25. The zero-order chi connectivity index (χ0) is 18.4. The molecule has 126 valence electrons. The third-order valence-electron chi connectivity index (χ3n) is 4.70. The quantitative estimate of drug-likeness (QED) is 0.542. The molecular formula is C26H22. The summed E-state index contributed by atoms with van der Waals surface area (Å²) in [4.78, 5) is 0. The van der Waals surface area contributed by atoms with Gasteiger partial charge in [0, 0.05) is 12.0 Å². The number of hydrogen-bond acceptors (Lipinski definition) is 0. The van der Waals surface area contributed by atoms with E-state index in [2.05, 4.69) is 80.1 Å². The number of hydrogen-bond donors (Lipinski definition) is 0. The summed E-state index contributed by atoms with van der Waals surface area (Å²) in [6.07, 6.45) is 6.68. The highest BCUT2D eigenvalue weighted by Crippen LogP contribution is 2.35. The van der Waals surface area contributed by atoms with Gasteiger partial charge in [-0.3, -0.25) is 0 Å². The molecule has 0 aliphatic heterocycles. The van der Waals surface area contributed by atoms with Gasteiger partial charge in [-0.2, -0.15) is 0 Å². The van der Waals surface area contributed by atoms with Crippen LogP contribution in [0.1, 0.15) is 34.2 Å². The summed E-state index contributed by atoms with van der Waals surface area (Å²) in [5, 5.41) is 0. The van der Waals surface area contributed by atoms with Crippen molar-refractivity contribution in [3.05, 3.63) is 107 Å². The molecule has 26 heavy (non-hydrogen) atoms. The molecule has 0 unspecified atom stereocenters. The zero-order valence-electron chi connectivity index (χ0n) is 15.3. The second kappa shape index (κ2) is 7.77. The van der Waals surface area contributed by atoms with Gasteiger partial charge in [0.1, 0.15) is 0 Å². The Balaban J connectivity index is 2.06. The van der Waals surface area contributed by atoms with E-state index in [0.717, 1.165) is 16.7 Å². The smallest absolute Gasteiger partial charge is 0.0918 e. The summed E-state index contributed by atoms with van der Waals surface area (Å²) in [5.41, 5.74) is 5.11. The van der Waals surface area contributed by atoms with E-state index in [1.165, 1.54) is 11.1 Å². The van der Waals surface area contributed by atoms with Gasteiger partial charge in [-0.15, -0.1) is 6.42 Å². The normalized spacial score (nSPS) is 10.5. The molecule has 3 rings (SSSR count). The molecule has 0 aliphatic carbocycles. The van der Waals surface area contributed by atoms with Crippen LogP contribution in [0.15, 0.2) is 78.9 Å². The minimum absolute atomic E-state index is 0.552. The molecule has 3 aromatic carbocycles. The largest absolute Gasteiger partial charge is 0.119 e. The second-order valence-electron chi connectivity index (χ2n) is 6.63. The molecule has 0 nitrogen and oxygen atoms in total. The van der Waals surface area contributed by atoms with Crippen molar-refractivity contribution in [2.45, 2.75) is 25.7 Å². The van der Waals surface area contributed by atoms with Crippen LogP contribution in [-0.2, 0) is 5.41 Å². The van der Waals surface area contributed by atoms with Gasteiger partial charge in [-0.25, -0.2) is 0 Å². The van der Waals surface area contributed by atoms with Crippen LogP contribution < -0.4 is 0 Å². The van der Waals surface area contributed by atoms with Crippen LogP contribution in [0.3, 0.4) is 0 Å². The summed E-state index contributed by atoms with van der Waals surface area (Å²) in [5.74, 6) is 9.65. The Morgan fingerprint density at radius 2 is 1.23 bits per heavy atom. The average Bonchev–Trinajstić information content (AvgIpc) is 2.68. The molecule has 0 fully saturated rings. The Labute approximate surface area is 156 Å². The lowest BCUT2D eigenvalue weighted by atomic mass is 9.72. The monoisotopic (exact) mass is 334 g/mol. The molecule has 0 spiro atoms. The van der Waals surface area contributed by atoms with Gasteiger partial charge in [0.05, 0.1) is 5.41 Å². The molecular weight excluding hydrogens is 312 g/mol. The van der Waals surface area contributed by atoms with Crippen molar-refractivity contribution in [3.8, 4) is 24.2 Å². The van der Waals surface area contributed by atoms with Gasteiger partial charge < -0.3 is 0 Å². The Morgan fingerprint density at radius 1 is 0.731 bits per heavy atom. The molecule has 0 amide bonds. The standard InChI is InChI=1S/C26H22/c1-4-26(24-16-12-21(2)13-17-24,25-18-14-22(3)15-19-25)20-8-11-23-9-6-5-7-10-23/h1,5-7,9-10,12-19H,20H2,2-3H3. The first kappa shape index (κ1) is 17.6. The molecule has 0 saturated heterocycles. The summed E-state index contributed by atoms with van der Waals surface area (Å²) < 4.78 is 0. The molecule has 0 saturated carbocycles.